The lowest BCUT2D eigenvalue weighted by molar-refractivity contribution is 0.375. The van der Waals surface area contributed by atoms with Crippen molar-refractivity contribution in [3.8, 4) is 0 Å². The maximum atomic E-state index is 13.5. The van der Waals surface area contributed by atoms with E-state index in [0.29, 0.717) is 23.8 Å². The molecule has 9 heteroatoms. The maximum absolute atomic E-state index is 13.5. The quantitative estimate of drug-likeness (QED) is 0.565. The van der Waals surface area contributed by atoms with E-state index in [4.69, 9.17) is 9.97 Å². The Morgan fingerprint density at radius 1 is 1.00 bits per heavy atom. The van der Waals surface area contributed by atoms with E-state index in [1.54, 1.807) is 6.33 Å². The van der Waals surface area contributed by atoms with Crippen molar-refractivity contribution >= 4 is 29.1 Å². The van der Waals surface area contributed by atoms with Gasteiger partial charge in [-0.2, -0.15) is 9.97 Å². The van der Waals surface area contributed by atoms with Gasteiger partial charge in [0, 0.05) is 61.7 Å². The number of benzene rings is 1. The molecule has 3 atom stereocenters. The van der Waals surface area contributed by atoms with Crippen LogP contribution in [0.15, 0.2) is 36.7 Å². The Morgan fingerprint density at radius 3 is 2.43 bits per heavy atom. The Morgan fingerprint density at radius 2 is 1.74 bits per heavy atom. The summed E-state index contributed by atoms with van der Waals surface area (Å²) in [4.78, 5) is 23.2. The topological polar surface area (TPSA) is 82.1 Å². The highest BCUT2D eigenvalue weighted by molar-refractivity contribution is 5.74. The minimum absolute atomic E-state index is 0.235. The van der Waals surface area contributed by atoms with Crippen LogP contribution in [0.2, 0.25) is 0 Å². The summed E-state index contributed by atoms with van der Waals surface area (Å²) < 4.78 is 13.5. The Hall–Kier alpha value is -3.49. The van der Waals surface area contributed by atoms with Gasteiger partial charge in [-0.1, -0.05) is 6.92 Å². The van der Waals surface area contributed by atoms with Gasteiger partial charge in [0.15, 0.2) is 0 Å². The van der Waals surface area contributed by atoms with Crippen molar-refractivity contribution in [2.75, 3.05) is 47.1 Å². The van der Waals surface area contributed by atoms with Gasteiger partial charge in [0.05, 0.1) is 0 Å². The first-order valence-corrected chi connectivity index (χ1v) is 12.4. The third-order valence-corrected chi connectivity index (χ3v) is 7.75. The van der Waals surface area contributed by atoms with Gasteiger partial charge < -0.3 is 20.4 Å². The van der Waals surface area contributed by atoms with Crippen LogP contribution in [0.4, 0.5) is 33.5 Å². The van der Waals surface area contributed by atoms with Crippen molar-refractivity contribution in [2.45, 2.75) is 38.6 Å². The van der Waals surface area contributed by atoms with Gasteiger partial charge >= 0.3 is 0 Å². The molecule has 1 saturated heterocycles. The summed E-state index contributed by atoms with van der Waals surface area (Å²) >= 11 is 0. The van der Waals surface area contributed by atoms with Crippen LogP contribution in [0.3, 0.4) is 0 Å². The van der Waals surface area contributed by atoms with Crippen LogP contribution in [0.25, 0.3) is 0 Å². The predicted molar refractivity (Wildman–Crippen MR) is 136 cm³/mol. The number of piperidine rings is 1. The van der Waals surface area contributed by atoms with E-state index in [-0.39, 0.29) is 11.7 Å². The Labute approximate surface area is 205 Å². The van der Waals surface area contributed by atoms with Crippen LogP contribution in [0.5, 0.6) is 0 Å². The zero-order valence-electron chi connectivity index (χ0n) is 20.4. The minimum atomic E-state index is -0.235. The lowest BCUT2D eigenvalue weighted by Gasteiger charge is -2.39. The fourth-order valence-electron chi connectivity index (χ4n) is 6.08. The van der Waals surface area contributed by atoms with E-state index in [1.807, 2.05) is 26.1 Å². The first-order chi connectivity index (χ1) is 17.0. The molecule has 2 N–H and O–H groups in total. The Bertz CT molecular complexity index is 1220. The fraction of sp³-hybridized carbons (Fsp3) is 0.462. The summed E-state index contributed by atoms with van der Waals surface area (Å²) in [6, 6.07) is 9.03. The molecule has 0 radical (unpaired) electrons. The molecular weight excluding hydrogens is 443 g/mol. The molecule has 2 unspecified atom stereocenters. The van der Waals surface area contributed by atoms with Crippen LogP contribution in [0, 0.1) is 24.6 Å². The maximum Gasteiger partial charge on any atom is 0.226 e. The number of hydrogen-bond donors (Lipinski definition) is 2. The second kappa shape index (κ2) is 8.62. The molecule has 2 fully saturated rings. The summed E-state index contributed by atoms with van der Waals surface area (Å²) in [7, 11) is 1.91. The highest BCUT2D eigenvalue weighted by atomic mass is 19.1. The highest BCUT2D eigenvalue weighted by Gasteiger charge is 2.43. The van der Waals surface area contributed by atoms with Crippen molar-refractivity contribution in [3.63, 3.8) is 0 Å². The van der Waals surface area contributed by atoms with Crippen molar-refractivity contribution in [1.29, 1.82) is 0 Å². The number of halogens is 1. The monoisotopic (exact) mass is 474 g/mol. The third kappa shape index (κ3) is 3.92. The van der Waals surface area contributed by atoms with Gasteiger partial charge in [0.25, 0.3) is 0 Å². The SMILES string of the molecule is CNc1nc(NC2C3CCC2CN(c2cc(C)ncn2)C3)nc2c1[C@H](C)CN2c1ccc(F)cc1. The summed E-state index contributed by atoms with van der Waals surface area (Å²) in [6.45, 7) is 6.91. The number of aromatic nitrogens is 4. The zero-order valence-corrected chi connectivity index (χ0v) is 20.4. The average molecular weight is 475 g/mol. The molecule has 2 bridgehead atoms. The Balaban J connectivity index is 1.27. The molecule has 6 rings (SSSR count). The van der Waals surface area contributed by atoms with E-state index < -0.39 is 0 Å². The van der Waals surface area contributed by atoms with Crippen LogP contribution in [-0.2, 0) is 0 Å². The van der Waals surface area contributed by atoms with Gasteiger partial charge in [-0.3, -0.25) is 0 Å². The fourth-order valence-corrected chi connectivity index (χ4v) is 6.08. The van der Waals surface area contributed by atoms with E-state index in [9.17, 15) is 4.39 Å². The van der Waals surface area contributed by atoms with Crippen molar-refractivity contribution in [1.82, 2.24) is 19.9 Å². The normalized spacial score (nSPS) is 25.0. The van der Waals surface area contributed by atoms with Crippen LogP contribution in [-0.4, -0.2) is 52.7 Å². The molecule has 0 spiro atoms. The van der Waals surface area contributed by atoms with Crippen LogP contribution >= 0.6 is 0 Å². The van der Waals surface area contributed by atoms with Crippen LogP contribution in [0.1, 0.15) is 36.9 Å². The summed E-state index contributed by atoms with van der Waals surface area (Å²) in [5, 5.41) is 7.01. The lowest BCUT2D eigenvalue weighted by atomic mass is 9.92. The third-order valence-electron chi connectivity index (χ3n) is 7.75. The molecule has 3 aliphatic rings. The number of aryl methyl sites for hydroxylation is 1. The standard InChI is InChI=1S/C26H31FN8/c1-15-11-35(20-8-6-19(27)7-9-20)25-22(15)24(28-3)32-26(33-25)31-23-17-4-5-18(23)13-34(12-17)21-10-16(2)29-14-30-21/h6-10,14-15,17-18,23H,4-5,11-13H2,1-3H3,(H2,28,31,32,33)/t15-,17?,18?,23?/m1/s1. The molecule has 3 aromatic rings. The molecule has 4 heterocycles. The van der Waals surface area contributed by atoms with Gasteiger partial charge in [0.2, 0.25) is 5.95 Å². The molecule has 1 saturated carbocycles. The van der Waals surface area contributed by atoms with Gasteiger partial charge in [0.1, 0.15) is 29.6 Å². The van der Waals surface area contributed by atoms with Crippen LogP contribution < -0.4 is 20.4 Å². The number of anilines is 5. The first-order valence-electron chi connectivity index (χ1n) is 12.4. The lowest BCUT2D eigenvalue weighted by Crippen LogP contribution is -2.48. The average Bonchev–Trinajstić information content (AvgIpc) is 3.29. The number of nitrogens with zero attached hydrogens (tertiary/aromatic N) is 6. The van der Waals surface area contributed by atoms with Crippen molar-refractivity contribution < 1.29 is 4.39 Å². The molecule has 2 aromatic heterocycles. The summed E-state index contributed by atoms with van der Waals surface area (Å²) in [5.74, 6) is 4.47. The van der Waals surface area contributed by atoms with E-state index >= 15 is 0 Å². The number of rotatable bonds is 5. The minimum Gasteiger partial charge on any atom is -0.373 e. The molecule has 2 aliphatic heterocycles. The van der Waals surface area contributed by atoms with Gasteiger partial charge in [-0.25, -0.2) is 14.4 Å². The number of fused-ring (bicyclic) bond motifs is 3. The smallest absolute Gasteiger partial charge is 0.226 e. The molecular formula is C26H31FN8. The molecule has 1 aliphatic carbocycles. The largest absolute Gasteiger partial charge is 0.373 e. The summed E-state index contributed by atoms with van der Waals surface area (Å²) in [6.07, 6.45) is 4.03. The molecule has 1 aromatic carbocycles. The highest BCUT2D eigenvalue weighted by Crippen LogP contribution is 2.44. The number of nitrogens with one attached hydrogen (secondary N) is 2. The zero-order chi connectivity index (χ0) is 24.1. The number of hydrogen-bond acceptors (Lipinski definition) is 8. The molecule has 182 valence electrons. The second-order valence-corrected chi connectivity index (χ2v) is 10.1. The molecule has 35 heavy (non-hydrogen) atoms. The second-order valence-electron chi connectivity index (χ2n) is 10.1. The first kappa shape index (κ1) is 22.0. The van der Waals surface area contributed by atoms with E-state index in [0.717, 1.165) is 54.0 Å². The molecule has 8 nitrogen and oxygen atoms in total. The molecule has 0 amide bonds. The Kier molecular flexibility index (Phi) is 5.42. The van der Waals surface area contributed by atoms with Crippen molar-refractivity contribution in [2.24, 2.45) is 11.8 Å². The van der Waals surface area contributed by atoms with Gasteiger partial charge in [-0.05, 0) is 55.9 Å². The van der Waals surface area contributed by atoms with E-state index in [1.165, 1.54) is 25.0 Å². The summed E-state index contributed by atoms with van der Waals surface area (Å²) in [5.41, 5.74) is 3.05. The van der Waals surface area contributed by atoms with E-state index in [2.05, 4.69) is 43.4 Å². The predicted octanol–water partition coefficient (Wildman–Crippen LogP) is 4.34. The van der Waals surface area contributed by atoms with Crippen molar-refractivity contribution in [3.05, 3.63) is 53.7 Å². The van der Waals surface area contributed by atoms with Gasteiger partial charge in [-0.15, -0.1) is 0 Å².